The third-order valence-electron chi connectivity index (χ3n) is 14.5. The van der Waals surface area contributed by atoms with E-state index in [1.165, 1.54) is 12.0 Å². The van der Waals surface area contributed by atoms with E-state index >= 15 is 0 Å². The molecule has 3 aliphatic heterocycles. The molecular formula is C51H79NO13. The van der Waals surface area contributed by atoms with Gasteiger partial charge in [-0.1, -0.05) is 71.1 Å². The molecule has 3 N–H and O–H groups in total. The second-order valence-corrected chi connectivity index (χ2v) is 19.6. The van der Waals surface area contributed by atoms with Crippen LogP contribution in [0.5, 0.6) is 0 Å². The Hall–Kier alpha value is -3.37. The Labute approximate surface area is 387 Å². The molecule has 0 radical (unpaired) electrons. The summed E-state index contributed by atoms with van der Waals surface area (Å²) in [7, 11) is 4.52. The van der Waals surface area contributed by atoms with Crippen molar-refractivity contribution in [2.45, 2.75) is 180 Å². The molecule has 0 aromatic rings. The molecule has 0 aromatic heterocycles. The van der Waals surface area contributed by atoms with E-state index in [0.29, 0.717) is 63.4 Å². The van der Waals surface area contributed by atoms with Crippen molar-refractivity contribution in [1.29, 1.82) is 0 Å². The first-order valence-electron chi connectivity index (χ1n) is 23.9. The minimum absolute atomic E-state index is 0.0193. The lowest BCUT2D eigenvalue weighted by Crippen LogP contribution is -2.61. The molecule has 1 amide bonds. The number of methoxy groups -OCH3 is 3. The minimum atomic E-state index is -2.43. The largest absolute Gasteiger partial charge is 0.460 e. The zero-order chi connectivity index (χ0) is 48.2. The van der Waals surface area contributed by atoms with Gasteiger partial charge >= 0.3 is 5.97 Å². The SMILES string of the molecule is CO[C@@H]1C[C@@H]2CC[C@@H](C)[C@@](O)(O2)C(=O)C(=O)N2CCCC[C@H]2C(=O)O[C@H]([C@H](C)C[C@@H]2CC[C@@H](O)[C@H](OC)C2)CC(=O)[C@H](C)/C=C(\C)[C@@H](O)[C@@H](OC)C(=O)[C@@H](C)C[C@H](C)/C=C/C=CC=C1C. The van der Waals surface area contributed by atoms with Crippen molar-refractivity contribution in [2.75, 3.05) is 27.9 Å². The molecule has 14 nitrogen and oxygen atoms in total. The fourth-order valence-corrected chi connectivity index (χ4v) is 10.1. The third-order valence-corrected chi connectivity index (χ3v) is 14.5. The standard InChI is InChI=1S/C51H79NO13/c1-30-16-12-11-13-17-31(2)42(61-8)28-38-21-19-36(7)51(60,65-38)48(57)49(58)52-23-15-14-18-39(52)50(59)64-43(33(4)26-37-20-22-40(53)44(27-37)62-9)29-41(54)32(3)25-35(6)46(56)47(63-10)45(55)34(5)24-30/h11-13,16-17,25,30,32-34,36-40,42-44,46-47,53,56,60H,14-15,18-24,26-29H2,1-10H3/b13-11?,16-12+,31-17?,35-25+/t30-,32-,33-,34+,36-,37+,38+,39+,40-,42-,43+,44-,46-,47+,51-/m1/s1. The summed E-state index contributed by atoms with van der Waals surface area (Å²) in [6, 6.07) is -1.14. The Morgan fingerprint density at radius 2 is 1.57 bits per heavy atom. The van der Waals surface area contributed by atoms with E-state index in [9.17, 15) is 39.3 Å². The highest BCUT2D eigenvalue weighted by molar-refractivity contribution is 6.39. The molecule has 2 saturated heterocycles. The van der Waals surface area contributed by atoms with Crippen molar-refractivity contribution in [3.63, 3.8) is 0 Å². The van der Waals surface area contributed by atoms with Crippen LogP contribution in [0, 0.1) is 35.5 Å². The molecule has 3 heterocycles. The van der Waals surface area contributed by atoms with Crippen LogP contribution in [0.25, 0.3) is 0 Å². The maximum Gasteiger partial charge on any atom is 0.329 e. The van der Waals surface area contributed by atoms with Crippen LogP contribution >= 0.6 is 0 Å². The van der Waals surface area contributed by atoms with Crippen LogP contribution in [-0.2, 0) is 47.7 Å². The van der Waals surface area contributed by atoms with Gasteiger partial charge in [-0.25, -0.2) is 4.79 Å². The number of piperidine rings is 1. The van der Waals surface area contributed by atoms with Gasteiger partial charge in [0, 0.05) is 58.5 Å². The summed E-state index contributed by atoms with van der Waals surface area (Å²) in [6.07, 6.45) is 11.2. The zero-order valence-corrected chi connectivity index (χ0v) is 40.6. The van der Waals surface area contributed by atoms with Crippen molar-refractivity contribution in [2.24, 2.45) is 35.5 Å². The van der Waals surface area contributed by atoms with Gasteiger partial charge in [0.05, 0.1) is 24.4 Å². The summed E-state index contributed by atoms with van der Waals surface area (Å²) < 4.78 is 29.4. The molecule has 4 aliphatic rings. The number of ether oxygens (including phenoxy) is 5. The third kappa shape index (κ3) is 14.3. The van der Waals surface area contributed by atoms with Gasteiger partial charge in [0.25, 0.3) is 11.7 Å². The van der Waals surface area contributed by atoms with Crippen molar-refractivity contribution in [1.82, 2.24) is 4.90 Å². The summed E-state index contributed by atoms with van der Waals surface area (Å²) in [5.41, 5.74) is 1.27. The smallest absolute Gasteiger partial charge is 0.329 e. The number of ketones is 3. The van der Waals surface area contributed by atoms with Crippen molar-refractivity contribution >= 4 is 29.2 Å². The Morgan fingerprint density at radius 1 is 0.846 bits per heavy atom. The number of carbonyl (C=O) groups excluding carboxylic acids is 5. The second-order valence-electron chi connectivity index (χ2n) is 19.6. The number of rotatable bonds is 6. The van der Waals surface area contributed by atoms with Crippen LogP contribution in [0.3, 0.4) is 0 Å². The normalized spacial score (nSPS) is 39.1. The fourth-order valence-electron chi connectivity index (χ4n) is 10.1. The van der Waals surface area contributed by atoms with E-state index in [1.54, 1.807) is 41.1 Å². The monoisotopic (exact) mass is 914 g/mol. The van der Waals surface area contributed by atoms with Gasteiger partial charge in [0.15, 0.2) is 5.78 Å². The molecule has 4 rings (SSSR count). The number of hydrogen-bond acceptors (Lipinski definition) is 13. The van der Waals surface area contributed by atoms with Gasteiger partial charge in [0.1, 0.15) is 30.1 Å². The molecule has 0 unspecified atom stereocenters. The highest BCUT2D eigenvalue weighted by Crippen LogP contribution is 2.38. The Morgan fingerprint density at radius 3 is 2.25 bits per heavy atom. The first-order chi connectivity index (χ1) is 30.7. The number of cyclic esters (lactones) is 1. The highest BCUT2D eigenvalue weighted by Gasteiger charge is 2.53. The number of aliphatic hydroxyl groups is 3. The topological polar surface area (TPSA) is 195 Å². The number of esters is 1. The molecule has 366 valence electrons. The summed E-state index contributed by atoms with van der Waals surface area (Å²) in [6.45, 7) is 12.7. The lowest BCUT2D eigenvalue weighted by atomic mass is 9.78. The Kier molecular flexibility index (Phi) is 21.0. The van der Waals surface area contributed by atoms with Gasteiger partial charge in [-0.3, -0.25) is 19.2 Å². The molecule has 15 atom stereocenters. The van der Waals surface area contributed by atoms with E-state index in [2.05, 4.69) is 0 Å². The summed E-state index contributed by atoms with van der Waals surface area (Å²) in [5.74, 6) is -7.96. The van der Waals surface area contributed by atoms with Crippen molar-refractivity contribution in [3.05, 3.63) is 47.6 Å². The molecule has 65 heavy (non-hydrogen) atoms. The number of Topliss-reactive ketones (excluding diaryl/α,β-unsaturated/α-hetero) is 3. The van der Waals surface area contributed by atoms with Gasteiger partial charge in [0.2, 0.25) is 5.79 Å². The van der Waals surface area contributed by atoms with Gasteiger partial charge < -0.3 is 43.9 Å². The van der Waals surface area contributed by atoms with Crippen molar-refractivity contribution < 1.29 is 63.0 Å². The van der Waals surface area contributed by atoms with Crippen LogP contribution in [0.1, 0.15) is 126 Å². The lowest BCUT2D eigenvalue weighted by molar-refractivity contribution is -0.265. The molecular weight excluding hydrogens is 835 g/mol. The maximum absolute atomic E-state index is 14.4. The van der Waals surface area contributed by atoms with Crippen LogP contribution in [0.4, 0.5) is 0 Å². The van der Waals surface area contributed by atoms with E-state index in [-0.39, 0.29) is 54.8 Å². The molecule has 2 bridgehead atoms. The van der Waals surface area contributed by atoms with Crippen LogP contribution in [0.2, 0.25) is 0 Å². The molecule has 14 heteroatoms. The quantitative estimate of drug-likeness (QED) is 0.156. The summed E-state index contributed by atoms with van der Waals surface area (Å²) in [4.78, 5) is 71.8. The number of carbonyl (C=O) groups is 5. The molecule has 1 saturated carbocycles. The van der Waals surface area contributed by atoms with E-state index < -0.39 is 83.9 Å². The number of fused-ring (bicyclic) bond motifs is 3. The number of aliphatic hydroxyl groups excluding tert-OH is 2. The van der Waals surface area contributed by atoms with E-state index in [4.69, 9.17) is 23.7 Å². The number of amides is 1. The second kappa shape index (κ2) is 25.1. The van der Waals surface area contributed by atoms with E-state index in [0.717, 1.165) is 12.0 Å². The van der Waals surface area contributed by atoms with Crippen LogP contribution < -0.4 is 0 Å². The average Bonchev–Trinajstić information content (AvgIpc) is 3.28. The van der Waals surface area contributed by atoms with Gasteiger partial charge in [-0.05, 0) is 107 Å². The molecule has 0 aromatic carbocycles. The lowest BCUT2D eigenvalue weighted by Gasteiger charge is -2.42. The number of nitrogens with zero attached hydrogens (tertiary/aromatic N) is 1. The zero-order valence-electron chi connectivity index (χ0n) is 40.6. The molecule has 0 spiro atoms. The Bertz CT molecular complexity index is 1760. The predicted molar refractivity (Wildman–Crippen MR) is 245 cm³/mol. The number of allylic oxidation sites excluding steroid dienone is 6. The van der Waals surface area contributed by atoms with Gasteiger partial charge in [-0.2, -0.15) is 0 Å². The number of hydrogen-bond donors (Lipinski definition) is 3. The predicted octanol–water partition coefficient (Wildman–Crippen LogP) is 6.18. The van der Waals surface area contributed by atoms with Crippen LogP contribution in [-0.4, -0.2) is 132 Å². The van der Waals surface area contributed by atoms with Crippen molar-refractivity contribution in [3.8, 4) is 0 Å². The fraction of sp³-hybridized carbons (Fsp3) is 0.745. The maximum atomic E-state index is 14.4. The molecule has 1 aliphatic carbocycles. The summed E-state index contributed by atoms with van der Waals surface area (Å²) in [5, 5.41) is 33.8. The molecule has 3 fully saturated rings. The average molecular weight is 914 g/mol. The minimum Gasteiger partial charge on any atom is -0.460 e. The Balaban J connectivity index is 1.70. The first-order valence-corrected chi connectivity index (χ1v) is 23.9. The summed E-state index contributed by atoms with van der Waals surface area (Å²) >= 11 is 0. The van der Waals surface area contributed by atoms with E-state index in [1.807, 2.05) is 58.1 Å². The van der Waals surface area contributed by atoms with Crippen LogP contribution in [0.15, 0.2) is 47.6 Å². The van der Waals surface area contributed by atoms with Gasteiger partial charge in [-0.15, -0.1) is 0 Å². The first kappa shape index (κ1) is 54.2. The highest BCUT2D eigenvalue weighted by atomic mass is 16.6.